The lowest BCUT2D eigenvalue weighted by Crippen LogP contribution is -2.51. The third-order valence-corrected chi connectivity index (χ3v) is 9.69. The van der Waals surface area contributed by atoms with Gasteiger partial charge in [-0.15, -0.1) is 0 Å². The Balaban J connectivity index is 1.26. The standard InChI is InChI=1S/C32H34FN5O2/c33-27-28(23-10-3-8-21-7-1-2-9-22(21)23)34-19-24-29(27)35-31(40-20-32-13-4-15-37(32)16-5-14-32)36-30(24)38-17-6-18-39-26-12-11-25(26)38/h1-3,7-10,19,25-26H,4-6,11-18,20H2. The minimum atomic E-state index is -0.430. The zero-order valence-corrected chi connectivity index (χ0v) is 22.7. The maximum atomic E-state index is 16.6. The molecule has 7 nitrogen and oxygen atoms in total. The minimum absolute atomic E-state index is 0.0545. The van der Waals surface area contributed by atoms with Crippen LogP contribution in [0.15, 0.2) is 48.7 Å². The molecule has 2 aromatic carbocycles. The van der Waals surface area contributed by atoms with Gasteiger partial charge in [0.05, 0.1) is 23.1 Å². The second-order valence-corrected chi connectivity index (χ2v) is 11.8. The van der Waals surface area contributed by atoms with Crippen LogP contribution in [0, 0.1) is 5.82 Å². The van der Waals surface area contributed by atoms with Crippen LogP contribution in [0.3, 0.4) is 0 Å². The molecule has 4 aliphatic rings. The number of hydrogen-bond donors (Lipinski definition) is 0. The van der Waals surface area contributed by atoms with Crippen LogP contribution in [-0.4, -0.2) is 70.4 Å². The molecular weight excluding hydrogens is 505 g/mol. The lowest BCUT2D eigenvalue weighted by Gasteiger charge is -2.42. The maximum Gasteiger partial charge on any atom is 0.319 e. The Morgan fingerprint density at radius 2 is 1.80 bits per heavy atom. The third-order valence-electron chi connectivity index (χ3n) is 9.69. The van der Waals surface area contributed by atoms with Gasteiger partial charge in [-0.2, -0.15) is 9.97 Å². The van der Waals surface area contributed by atoms with E-state index in [1.165, 1.54) is 12.8 Å². The first-order valence-electron chi connectivity index (χ1n) is 14.8. The van der Waals surface area contributed by atoms with Gasteiger partial charge >= 0.3 is 6.01 Å². The second kappa shape index (κ2) is 9.63. The van der Waals surface area contributed by atoms with Crippen molar-refractivity contribution in [3.63, 3.8) is 0 Å². The Bertz CT molecular complexity index is 1580. The largest absolute Gasteiger partial charge is 0.461 e. The van der Waals surface area contributed by atoms with Crippen molar-refractivity contribution >= 4 is 27.5 Å². The van der Waals surface area contributed by atoms with E-state index in [1.807, 2.05) is 42.5 Å². The predicted octanol–water partition coefficient (Wildman–Crippen LogP) is 5.75. The Morgan fingerprint density at radius 1 is 0.950 bits per heavy atom. The molecule has 2 atom stereocenters. The van der Waals surface area contributed by atoms with Gasteiger partial charge in [-0.05, 0) is 68.8 Å². The third kappa shape index (κ3) is 3.87. The van der Waals surface area contributed by atoms with E-state index in [4.69, 9.17) is 19.4 Å². The van der Waals surface area contributed by atoms with Gasteiger partial charge in [0.15, 0.2) is 5.82 Å². The normalized spacial score (nSPS) is 24.1. The van der Waals surface area contributed by atoms with Crippen molar-refractivity contribution in [1.82, 2.24) is 19.9 Å². The summed E-state index contributed by atoms with van der Waals surface area (Å²) in [5.74, 6) is 0.281. The van der Waals surface area contributed by atoms with Crippen LogP contribution in [0.1, 0.15) is 44.9 Å². The lowest BCUT2D eigenvalue weighted by atomic mass is 9.87. The molecule has 0 radical (unpaired) electrons. The predicted molar refractivity (Wildman–Crippen MR) is 153 cm³/mol. The first kappa shape index (κ1) is 24.4. The summed E-state index contributed by atoms with van der Waals surface area (Å²) >= 11 is 0. The average molecular weight is 540 g/mol. The van der Waals surface area contributed by atoms with E-state index in [0.29, 0.717) is 23.5 Å². The zero-order valence-electron chi connectivity index (χ0n) is 22.7. The molecule has 0 bridgehead atoms. The summed E-state index contributed by atoms with van der Waals surface area (Å²) in [6.45, 7) is 4.32. The number of hydrogen-bond acceptors (Lipinski definition) is 7. The van der Waals surface area contributed by atoms with Gasteiger partial charge < -0.3 is 14.4 Å². The van der Waals surface area contributed by atoms with Crippen molar-refractivity contribution in [2.75, 3.05) is 37.7 Å². The van der Waals surface area contributed by atoms with E-state index in [1.54, 1.807) is 6.20 Å². The van der Waals surface area contributed by atoms with Crippen LogP contribution < -0.4 is 9.64 Å². The van der Waals surface area contributed by atoms with Crippen LogP contribution in [0.2, 0.25) is 0 Å². The van der Waals surface area contributed by atoms with Crippen molar-refractivity contribution in [1.29, 1.82) is 0 Å². The van der Waals surface area contributed by atoms with Crippen LogP contribution in [0.5, 0.6) is 6.01 Å². The molecule has 40 heavy (non-hydrogen) atoms. The highest BCUT2D eigenvalue weighted by atomic mass is 19.1. The summed E-state index contributed by atoms with van der Waals surface area (Å²) in [6, 6.07) is 14.4. The molecule has 5 heterocycles. The number of ether oxygens (including phenoxy) is 2. The van der Waals surface area contributed by atoms with E-state index in [0.717, 1.165) is 74.7 Å². The lowest BCUT2D eigenvalue weighted by molar-refractivity contribution is -0.00314. The Hall–Kier alpha value is -3.36. The molecule has 0 amide bonds. The topological polar surface area (TPSA) is 63.6 Å². The van der Waals surface area contributed by atoms with E-state index < -0.39 is 5.82 Å². The number of halogens is 1. The number of pyridine rings is 1. The number of aromatic nitrogens is 3. The smallest absolute Gasteiger partial charge is 0.319 e. The molecule has 3 aliphatic heterocycles. The zero-order chi connectivity index (χ0) is 26.7. The molecule has 8 heteroatoms. The summed E-state index contributed by atoms with van der Waals surface area (Å²) in [6.07, 6.45) is 9.57. The second-order valence-electron chi connectivity index (χ2n) is 11.8. The van der Waals surface area contributed by atoms with Crippen molar-refractivity contribution < 1.29 is 13.9 Å². The first-order chi connectivity index (χ1) is 19.7. The fraction of sp³-hybridized carbons (Fsp3) is 0.469. The molecule has 0 N–H and O–H groups in total. The van der Waals surface area contributed by atoms with Gasteiger partial charge in [0.1, 0.15) is 23.6 Å². The number of benzene rings is 2. The van der Waals surface area contributed by atoms with Gasteiger partial charge in [0.2, 0.25) is 0 Å². The number of rotatable bonds is 5. The Kier molecular flexibility index (Phi) is 5.88. The molecule has 0 spiro atoms. The summed E-state index contributed by atoms with van der Waals surface area (Å²) in [5, 5.41) is 2.64. The molecule has 3 saturated heterocycles. The molecule has 1 aliphatic carbocycles. The fourth-order valence-electron chi connectivity index (χ4n) is 7.49. The van der Waals surface area contributed by atoms with Gasteiger partial charge in [-0.3, -0.25) is 9.88 Å². The SMILES string of the molecule is Fc1c(-c2cccc3ccccc23)ncc2c(N3CCCOC4CCC43)nc(OCC34CCCN3CCC4)nc12. The molecule has 2 aromatic heterocycles. The van der Waals surface area contributed by atoms with Gasteiger partial charge in [-0.1, -0.05) is 42.5 Å². The first-order valence-corrected chi connectivity index (χ1v) is 14.8. The van der Waals surface area contributed by atoms with E-state index in [9.17, 15) is 0 Å². The van der Waals surface area contributed by atoms with E-state index in [2.05, 4.69) is 14.8 Å². The van der Waals surface area contributed by atoms with Gasteiger partial charge in [0, 0.05) is 24.9 Å². The fourth-order valence-corrected chi connectivity index (χ4v) is 7.49. The number of nitrogens with zero attached hydrogens (tertiary/aromatic N) is 5. The molecule has 2 unspecified atom stereocenters. The highest BCUT2D eigenvalue weighted by molar-refractivity contribution is 5.99. The van der Waals surface area contributed by atoms with E-state index in [-0.39, 0.29) is 29.2 Å². The summed E-state index contributed by atoms with van der Waals surface area (Å²) in [7, 11) is 0. The molecule has 4 fully saturated rings. The number of anilines is 1. The summed E-state index contributed by atoms with van der Waals surface area (Å²) in [4.78, 5) is 19.2. The quantitative estimate of drug-likeness (QED) is 0.320. The van der Waals surface area contributed by atoms with Crippen LogP contribution in [-0.2, 0) is 4.74 Å². The van der Waals surface area contributed by atoms with Crippen molar-refractivity contribution in [2.24, 2.45) is 0 Å². The average Bonchev–Trinajstić information content (AvgIpc) is 3.51. The van der Waals surface area contributed by atoms with E-state index >= 15 is 4.39 Å². The highest BCUT2D eigenvalue weighted by Crippen LogP contribution is 2.41. The molecule has 4 aromatic rings. The Morgan fingerprint density at radius 3 is 2.65 bits per heavy atom. The molecule has 206 valence electrons. The monoisotopic (exact) mass is 539 g/mol. The summed E-state index contributed by atoms with van der Waals surface area (Å²) < 4.78 is 29.1. The van der Waals surface area contributed by atoms with Crippen molar-refractivity contribution in [3.05, 3.63) is 54.5 Å². The van der Waals surface area contributed by atoms with Crippen LogP contribution >= 0.6 is 0 Å². The van der Waals surface area contributed by atoms with Gasteiger partial charge in [-0.25, -0.2) is 4.39 Å². The Labute approximate surface area is 233 Å². The van der Waals surface area contributed by atoms with Crippen LogP contribution in [0.25, 0.3) is 32.9 Å². The highest BCUT2D eigenvalue weighted by Gasteiger charge is 2.45. The molecular formula is C32H34FN5O2. The summed E-state index contributed by atoms with van der Waals surface area (Å²) in [5.41, 5.74) is 1.38. The maximum absolute atomic E-state index is 16.6. The van der Waals surface area contributed by atoms with Crippen molar-refractivity contribution in [3.8, 4) is 17.3 Å². The van der Waals surface area contributed by atoms with Crippen molar-refractivity contribution in [2.45, 2.75) is 62.6 Å². The molecule has 1 saturated carbocycles. The molecule has 8 rings (SSSR count). The van der Waals surface area contributed by atoms with Gasteiger partial charge in [0.25, 0.3) is 0 Å². The minimum Gasteiger partial charge on any atom is -0.461 e. The number of fused-ring (bicyclic) bond motifs is 4. The van der Waals surface area contributed by atoms with Crippen LogP contribution in [0.4, 0.5) is 10.2 Å².